The minimum absolute atomic E-state index is 0.234. The Balaban J connectivity index is 2.12. The fourth-order valence-electron chi connectivity index (χ4n) is 1.92. The van der Waals surface area contributed by atoms with Gasteiger partial charge >= 0.3 is 5.97 Å². The maximum atomic E-state index is 10.4. The number of anilines is 1. The van der Waals surface area contributed by atoms with Crippen LogP contribution in [0.1, 0.15) is 26.2 Å². The summed E-state index contributed by atoms with van der Waals surface area (Å²) in [5, 5.41) is 12.0. The number of aliphatic carboxylic acids is 1. The van der Waals surface area contributed by atoms with Crippen molar-refractivity contribution < 1.29 is 9.90 Å². The predicted molar refractivity (Wildman–Crippen MR) is 78.7 cm³/mol. The second-order valence-electron chi connectivity index (χ2n) is 4.90. The minimum atomic E-state index is -0.725. The summed E-state index contributed by atoms with van der Waals surface area (Å²) in [6.45, 7) is 3.93. The van der Waals surface area contributed by atoms with Crippen LogP contribution in [0.2, 0.25) is 0 Å². The SMILES string of the molecule is CC(CCC(=O)O)NCCCN(C)c1ccccc1. The Morgan fingerprint density at radius 3 is 2.68 bits per heavy atom. The molecule has 1 aromatic rings. The van der Waals surface area contributed by atoms with E-state index in [4.69, 9.17) is 5.11 Å². The van der Waals surface area contributed by atoms with Gasteiger partial charge in [-0.3, -0.25) is 4.79 Å². The molecule has 0 aliphatic heterocycles. The van der Waals surface area contributed by atoms with E-state index in [-0.39, 0.29) is 12.5 Å². The molecule has 0 bridgehead atoms. The molecular formula is C15H24N2O2. The van der Waals surface area contributed by atoms with Crippen LogP contribution in [0.15, 0.2) is 30.3 Å². The molecule has 1 atom stereocenters. The van der Waals surface area contributed by atoms with Gasteiger partial charge in [0.2, 0.25) is 0 Å². The number of nitrogens with zero attached hydrogens (tertiary/aromatic N) is 1. The molecule has 0 heterocycles. The molecule has 1 aromatic carbocycles. The van der Waals surface area contributed by atoms with Crippen LogP contribution < -0.4 is 10.2 Å². The van der Waals surface area contributed by atoms with E-state index in [0.29, 0.717) is 6.42 Å². The molecule has 1 unspecified atom stereocenters. The molecule has 0 saturated carbocycles. The smallest absolute Gasteiger partial charge is 0.303 e. The predicted octanol–water partition coefficient (Wildman–Crippen LogP) is 2.36. The zero-order chi connectivity index (χ0) is 14.1. The molecule has 0 radical (unpaired) electrons. The van der Waals surface area contributed by atoms with E-state index in [2.05, 4.69) is 29.4 Å². The first-order valence-electron chi connectivity index (χ1n) is 6.81. The van der Waals surface area contributed by atoms with Crippen LogP contribution in [0.25, 0.3) is 0 Å². The van der Waals surface area contributed by atoms with Gasteiger partial charge in [0.25, 0.3) is 0 Å². The van der Waals surface area contributed by atoms with Crippen molar-refractivity contribution in [1.82, 2.24) is 5.32 Å². The second-order valence-corrected chi connectivity index (χ2v) is 4.90. The van der Waals surface area contributed by atoms with Crippen molar-refractivity contribution in [2.75, 3.05) is 25.0 Å². The standard InChI is InChI=1S/C15H24N2O2/c1-13(9-10-15(18)19)16-11-6-12-17(2)14-7-4-3-5-8-14/h3-5,7-8,13,16H,6,9-12H2,1-2H3,(H,18,19). The Kier molecular flexibility index (Phi) is 6.97. The molecule has 0 fully saturated rings. The Morgan fingerprint density at radius 1 is 1.37 bits per heavy atom. The lowest BCUT2D eigenvalue weighted by molar-refractivity contribution is -0.137. The van der Waals surface area contributed by atoms with E-state index >= 15 is 0 Å². The lowest BCUT2D eigenvalue weighted by atomic mass is 10.2. The van der Waals surface area contributed by atoms with Crippen molar-refractivity contribution in [3.8, 4) is 0 Å². The van der Waals surface area contributed by atoms with Crippen molar-refractivity contribution >= 4 is 11.7 Å². The molecule has 19 heavy (non-hydrogen) atoms. The van der Waals surface area contributed by atoms with E-state index in [1.165, 1.54) is 5.69 Å². The summed E-state index contributed by atoms with van der Waals surface area (Å²) >= 11 is 0. The summed E-state index contributed by atoms with van der Waals surface area (Å²) in [5.41, 5.74) is 1.22. The molecule has 0 amide bonds. The van der Waals surface area contributed by atoms with Crippen LogP contribution >= 0.6 is 0 Å². The van der Waals surface area contributed by atoms with E-state index in [0.717, 1.165) is 19.5 Å². The maximum Gasteiger partial charge on any atom is 0.303 e. The summed E-state index contributed by atoms with van der Waals surface area (Å²) in [4.78, 5) is 12.7. The van der Waals surface area contributed by atoms with Gasteiger partial charge in [0.1, 0.15) is 0 Å². The van der Waals surface area contributed by atoms with E-state index in [1.54, 1.807) is 0 Å². The summed E-state index contributed by atoms with van der Waals surface area (Å²) in [7, 11) is 2.09. The molecule has 4 heteroatoms. The average molecular weight is 264 g/mol. The maximum absolute atomic E-state index is 10.4. The Labute approximate surface area is 115 Å². The summed E-state index contributed by atoms with van der Waals surface area (Å²) in [5.74, 6) is -0.725. The molecule has 0 saturated heterocycles. The Hall–Kier alpha value is -1.55. The molecule has 2 N–H and O–H groups in total. The van der Waals surface area contributed by atoms with Crippen molar-refractivity contribution in [3.05, 3.63) is 30.3 Å². The number of hydrogen-bond donors (Lipinski definition) is 2. The quantitative estimate of drug-likeness (QED) is 0.672. The molecule has 106 valence electrons. The van der Waals surface area contributed by atoms with E-state index in [9.17, 15) is 4.79 Å². The lowest BCUT2D eigenvalue weighted by Gasteiger charge is -2.20. The largest absolute Gasteiger partial charge is 0.481 e. The molecule has 0 spiro atoms. The number of para-hydroxylation sites is 1. The van der Waals surface area contributed by atoms with Gasteiger partial charge in [-0.15, -0.1) is 0 Å². The van der Waals surface area contributed by atoms with Crippen LogP contribution in [0.5, 0.6) is 0 Å². The molecule has 4 nitrogen and oxygen atoms in total. The lowest BCUT2D eigenvalue weighted by Crippen LogP contribution is -2.30. The third-order valence-electron chi connectivity index (χ3n) is 3.15. The average Bonchev–Trinajstić information content (AvgIpc) is 2.42. The van der Waals surface area contributed by atoms with Crippen molar-refractivity contribution in [1.29, 1.82) is 0 Å². The normalized spacial score (nSPS) is 12.1. The fraction of sp³-hybridized carbons (Fsp3) is 0.533. The molecule has 0 aromatic heterocycles. The summed E-state index contributed by atoms with van der Waals surface area (Å²) < 4.78 is 0. The highest BCUT2D eigenvalue weighted by atomic mass is 16.4. The minimum Gasteiger partial charge on any atom is -0.481 e. The van der Waals surface area contributed by atoms with Crippen LogP contribution in [-0.2, 0) is 4.79 Å². The first-order chi connectivity index (χ1) is 9.09. The third kappa shape index (κ3) is 6.82. The van der Waals surface area contributed by atoms with Gasteiger partial charge in [0, 0.05) is 31.7 Å². The summed E-state index contributed by atoms with van der Waals surface area (Å²) in [6, 6.07) is 10.6. The third-order valence-corrected chi connectivity index (χ3v) is 3.15. The number of rotatable bonds is 9. The van der Waals surface area contributed by atoms with Crippen LogP contribution in [-0.4, -0.2) is 37.3 Å². The number of hydrogen-bond acceptors (Lipinski definition) is 3. The van der Waals surface area contributed by atoms with Crippen LogP contribution in [0, 0.1) is 0 Å². The highest BCUT2D eigenvalue weighted by molar-refractivity contribution is 5.66. The van der Waals surface area contributed by atoms with Crippen molar-refractivity contribution in [2.45, 2.75) is 32.2 Å². The van der Waals surface area contributed by atoms with Gasteiger partial charge in [-0.05, 0) is 38.4 Å². The topological polar surface area (TPSA) is 52.6 Å². The Bertz CT molecular complexity index is 368. The van der Waals surface area contributed by atoms with Gasteiger partial charge in [-0.1, -0.05) is 18.2 Å². The van der Waals surface area contributed by atoms with Gasteiger partial charge < -0.3 is 15.3 Å². The Morgan fingerprint density at radius 2 is 2.05 bits per heavy atom. The van der Waals surface area contributed by atoms with Gasteiger partial charge in [-0.25, -0.2) is 0 Å². The second kappa shape index (κ2) is 8.53. The number of carboxylic acids is 1. The molecule has 1 rings (SSSR count). The highest BCUT2D eigenvalue weighted by Crippen LogP contribution is 2.10. The van der Waals surface area contributed by atoms with Gasteiger partial charge in [0.15, 0.2) is 0 Å². The fourth-order valence-corrected chi connectivity index (χ4v) is 1.92. The van der Waals surface area contributed by atoms with Gasteiger partial charge in [-0.2, -0.15) is 0 Å². The first-order valence-corrected chi connectivity index (χ1v) is 6.81. The zero-order valence-electron chi connectivity index (χ0n) is 11.8. The zero-order valence-corrected chi connectivity index (χ0v) is 11.8. The van der Waals surface area contributed by atoms with Crippen molar-refractivity contribution in [3.63, 3.8) is 0 Å². The van der Waals surface area contributed by atoms with Crippen LogP contribution in [0.4, 0.5) is 5.69 Å². The number of nitrogens with one attached hydrogen (secondary N) is 1. The molecule has 0 aliphatic rings. The van der Waals surface area contributed by atoms with E-state index in [1.807, 2.05) is 25.1 Å². The number of benzene rings is 1. The summed E-state index contributed by atoms with van der Waals surface area (Å²) in [6.07, 6.45) is 1.96. The number of carbonyl (C=O) groups is 1. The van der Waals surface area contributed by atoms with E-state index < -0.39 is 5.97 Å². The van der Waals surface area contributed by atoms with Gasteiger partial charge in [0.05, 0.1) is 0 Å². The highest BCUT2D eigenvalue weighted by Gasteiger charge is 2.05. The van der Waals surface area contributed by atoms with Crippen LogP contribution in [0.3, 0.4) is 0 Å². The van der Waals surface area contributed by atoms with Crippen molar-refractivity contribution in [2.24, 2.45) is 0 Å². The molecular weight excluding hydrogens is 240 g/mol. The molecule has 0 aliphatic carbocycles. The number of carboxylic acid groups (broad SMARTS) is 1. The first kappa shape index (κ1) is 15.5. The monoisotopic (exact) mass is 264 g/mol.